The fraction of sp³-hybridized carbons (Fsp3) is 0.417. The first kappa shape index (κ1) is 10.0. The molecule has 15 heavy (non-hydrogen) atoms. The summed E-state index contributed by atoms with van der Waals surface area (Å²) < 4.78 is 0. The number of rotatable bonds is 2. The lowest BCUT2D eigenvalue weighted by Gasteiger charge is -2.19. The van der Waals surface area contributed by atoms with Crippen LogP contribution in [-0.2, 0) is 13.0 Å². The highest BCUT2D eigenvalue weighted by Crippen LogP contribution is 2.21. The average molecular weight is 204 g/mol. The van der Waals surface area contributed by atoms with Gasteiger partial charge in [0.25, 0.3) is 0 Å². The molecule has 1 heterocycles. The van der Waals surface area contributed by atoms with E-state index in [0.717, 1.165) is 12.1 Å². The molecule has 2 rings (SSSR count). The highest BCUT2D eigenvalue weighted by Gasteiger charge is 2.13. The smallest absolute Gasteiger partial charge is 0.319 e. The van der Waals surface area contributed by atoms with E-state index in [1.807, 2.05) is 6.07 Å². The van der Waals surface area contributed by atoms with Gasteiger partial charge in [-0.3, -0.25) is 0 Å². The molecular weight excluding hydrogens is 188 g/mol. The van der Waals surface area contributed by atoms with E-state index < -0.39 is 0 Å². The predicted molar refractivity (Wildman–Crippen MR) is 60.8 cm³/mol. The summed E-state index contributed by atoms with van der Waals surface area (Å²) in [4.78, 5) is 11.1. The Kier molecular flexibility index (Phi) is 2.62. The molecule has 0 saturated heterocycles. The Balaban J connectivity index is 2.23. The number of carbonyl (C=O) groups is 1. The maximum atomic E-state index is 11.1. The third-order valence-electron chi connectivity index (χ3n) is 2.50. The molecule has 0 atom stereocenters. The fourth-order valence-electron chi connectivity index (χ4n) is 1.86. The zero-order valence-electron chi connectivity index (χ0n) is 9.13. The van der Waals surface area contributed by atoms with Gasteiger partial charge in [-0.25, -0.2) is 4.79 Å². The number of amides is 2. The minimum absolute atomic E-state index is 0.112. The number of urea groups is 1. The summed E-state index contributed by atoms with van der Waals surface area (Å²) >= 11 is 0. The van der Waals surface area contributed by atoms with E-state index in [0.29, 0.717) is 12.5 Å². The molecule has 0 radical (unpaired) electrons. The van der Waals surface area contributed by atoms with Crippen LogP contribution in [0.15, 0.2) is 18.2 Å². The monoisotopic (exact) mass is 204 g/mol. The molecule has 3 nitrogen and oxygen atoms in total. The van der Waals surface area contributed by atoms with Crippen molar-refractivity contribution >= 4 is 11.7 Å². The largest absolute Gasteiger partial charge is 0.334 e. The van der Waals surface area contributed by atoms with Crippen LogP contribution in [-0.4, -0.2) is 6.03 Å². The molecular formula is C12H16N2O. The molecule has 1 aliphatic rings. The molecule has 0 unspecified atom stereocenters. The van der Waals surface area contributed by atoms with Crippen molar-refractivity contribution in [1.29, 1.82) is 0 Å². The summed E-state index contributed by atoms with van der Waals surface area (Å²) in [5.74, 6) is 0.661. The van der Waals surface area contributed by atoms with Crippen LogP contribution in [0, 0.1) is 5.92 Å². The summed E-state index contributed by atoms with van der Waals surface area (Å²) in [7, 11) is 0. The molecule has 2 amide bonds. The van der Waals surface area contributed by atoms with Gasteiger partial charge in [0.1, 0.15) is 0 Å². The van der Waals surface area contributed by atoms with E-state index in [-0.39, 0.29) is 6.03 Å². The highest BCUT2D eigenvalue weighted by molar-refractivity contribution is 5.92. The maximum absolute atomic E-state index is 11.1. The second kappa shape index (κ2) is 3.93. The predicted octanol–water partition coefficient (Wildman–Crippen LogP) is 2.52. The summed E-state index contributed by atoms with van der Waals surface area (Å²) in [5, 5.41) is 5.56. The zero-order chi connectivity index (χ0) is 10.8. The summed E-state index contributed by atoms with van der Waals surface area (Å²) in [6.07, 6.45) is 1.08. The molecule has 0 aliphatic carbocycles. The molecule has 0 saturated carbocycles. The Hall–Kier alpha value is -1.51. The topological polar surface area (TPSA) is 41.1 Å². The van der Waals surface area contributed by atoms with E-state index in [1.54, 1.807) is 0 Å². The van der Waals surface area contributed by atoms with Crippen molar-refractivity contribution < 1.29 is 4.79 Å². The van der Waals surface area contributed by atoms with Crippen molar-refractivity contribution in [3.05, 3.63) is 29.3 Å². The second-order valence-electron chi connectivity index (χ2n) is 4.40. The van der Waals surface area contributed by atoms with Gasteiger partial charge in [-0.05, 0) is 29.5 Å². The van der Waals surface area contributed by atoms with Crippen molar-refractivity contribution in [2.75, 3.05) is 5.32 Å². The van der Waals surface area contributed by atoms with Crippen molar-refractivity contribution in [2.45, 2.75) is 26.8 Å². The van der Waals surface area contributed by atoms with E-state index >= 15 is 0 Å². The first-order valence-corrected chi connectivity index (χ1v) is 5.32. The van der Waals surface area contributed by atoms with Gasteiger partial charge >= 0.3 is 6.03 Å². The van der Waals surface area contributed by atoms with Crippen LogP contribution in [0.2, 0.25) is 0 Å². The molecule has 3 heteroatoms. The molecule has 0 fully saturated rings. The van der Waals surface area contributed by atoms with Gasteiger partial charge in [0.15, 0.2) is 0 Å². The van der Waals surface area contributed by atoms with Crippen LogP contribution in [0.3, 0.4) is 0 Å². The van der Waals surface area contributed by atoms with Gasteiger partial charge < -0.3 is 10.6 Å². The minimum atomic E-state index is -0.112. The van der Waals surface area contributed by atoms with Crippen molar-refractivity contribution in [1.82, 2.24) is 5.32 Å². The molecule has 2 N–H and O–H groups in total. The van der Waals surface area contributed by atoms with Crippen molar-refractivity contribution in [2.24, 2.45) is 5.92 Å². The molecule has 80 valence electrons. The summed E-state index contributed by atoms with van der Waals surface area (Å²) in [6.45, 7) is 5.05. The lowest BCUT2D eigenvalue weighted by atomic mass is 9.99. The van der Waals surface area contributed by atoms with Gasteiger partial charge in [0.05, 0.1) is 0 Å². The summed E-state index contributed by atoms with van der Waals surface area (Å²) in [5.41, 5.74) is 3.45. The van der Waals surface area contributed by atoms with Crippen LogP contribution in [0.5, 0.6) is 0 Å². The molecule has 0 spiro atoms. The number of benzene rings is 1. The maximum Gasteiger partial charge on any atom is 0.319 e. The van der Waals surface area contributed by atoms with Crippen LogP contribution in [0.25, 0.3) is 0 Å². The SMILES string of the molecule is CC(C)Cc1ccc2c(c1)CNC(=O)N2. The van der Waals surface area contributed by atoms with Crippen molar-refractivity contribution in [3.8, 4) is 0 Å². The van der Waals surface area contributed by atoms with Crippen LogP contribution < -0.4 is 10.6 Å². The third kappa shape index (κ3) is 2.29. The molecule has 1 aliphatic heterocycles. The Morgan fingerprint density at radius 2 is 2.20 bits per heavy atom. The Morgan fingerprint density at radius 1 is 1.40 bits per heavy atom. The fourth-order valence-corrected chi connectivity index (χ4v) is 1.86. The van der Waals surface area contributed by atoms with E-state index in [1.165, 1.54) is 11.1 Å². The van der Waals surface area contributed by atoms with E-state index in [9.17, 15) is 4.79 Å². The number of fused-ring (bicyclic) bond motifs is 1. The lowest BCUT2D eigenvalue weighted by molar-refractivity contribution is 0.251. The normalized spacial score (nSPS) is 14.5. The lowest BCUT2D eigenvalue weighted by Crippen LogP contribution is -2.33. The summed E-state index contributed by atoms with van der Waals surface area (Å²) in [6, 6.07) is 6.14. The molecule has 0 aromatic heterocycles. The van der Waals surface area contributed by atoms with Crippen molar-refractivity contribution in [3.63, 3.8) is 0 Å². The van der Waals surface area contributed by atoms with Gasteiger partial charge in [0.2, 0.25) is 0 Å². The van der Waals surface area contributed by atoms with Crippen LogP contribution in [0.4, 0.5) is 10.5 Å². The number of carbonyl (C=O) groups excluding carboxylic acids is 1. The molecule has 1 aromatic rings. The van der Waals surface area contributed by atoms with Gasteiger partial charge in [0, 0.05) is 12.2 Å². The Labute approximate surface area is 89.9 Å². The van der Waals surface area contributed by atoms with Gasteiger partial charge in [-0.15, -0.1) is 0 Å². The van der Waals surface area contributed by atoms with Gasteiger partial charge in [-0.1, -0.05) is 26.0 Å². The molecule has 1 aromatic carbocycles. The number of hydrogen-bond donors (Lipinski definition) is 2. The number of nitrogens with one attached hydrogen (secondary N) is 2. The second-order valence-corrected chi connectivity index (χ2v) is 4.40. The van der Waals surface area contributed by atoms with Gasteiger partial charge in [-0.2, -0.15) is 0 Å². The molecule has 0 bridgehead atoms. The van der Waals surface area contributed by atoms with E-state index in [2.05, 4.69) is 36.6 Å². The number of hydrogen-bond acceptors (Lipinski definition) is 1. The first-order chi connectivity index (χ1) is 7.15. The zero-order valence-corrected chi connectivity index (χ0v) is 9.13. The van der Waals surface area contributed by atoms with E-state index in [4.69, 9.17) is 0 Å². The van der Waals surface area contributed by atoms with Crippen LogP contribution >= 0.6 is 0 Å². The quantitative estimate of drug-likeness (QED) is 0.763. The standard InChI is InChI=1S/C12H16N2O/c1-8(2)5-9-3-4-11-10(6-9)7-13-12(15)14-11/h3-4,6,8H,5,7H2,1-2H3,(H2,13,14,15). The van der Waals surface area contributed by atoms with Crippen LogP contribution in [0.1, 0.15) is 25.0 Å². The minimum Gasteiger partial charge on any atom is -0.334 e. The first-order valence-electron chi connectivity index (χ1n) is 5.32. The third-order valence-corrected chi connectivity index (χ3v) is 2.50. The Morgan fingerprint density at radius 3 is 2.93 bits per heavy atom. The Bertz CT molecular complexity index is 385. The highest BCUT2D eigenvalue weighted by atomic mass is 16.2. The number of anilines is 1. The average Bonchev–Trinajstić information content (AvgIpc) is 2.17.